The van der Waals surface area contributed by atoms with Crippen LogP contribution < -0.4 is 15.1 Å². The molecule has 31 heavy (non-hydrogen) atoms. The van der Waals surface area contributed by atoms with Gasteiger partial charge in [-0.1, -0.05) is 19.1 Å². The summed E-state index contributed by atoms with van der Waals surface area (Å²) in [6.07, 6.45) is 1.34. The van der Waals surface area contributed by atoms with E-state index >= 15 is 0 Å². The highest BCUT2D eigenvalue weighted by Gasteiger charge is 2.33. The molecular weight excluding hydrogens is 443 g/mol. The van der Waals surface area contributed by atoms with Crippen LogP contribution in [0.4, 0.5) is 20.6 Å². The van der Waals surface area contributed by atoms with Gasteiger partial charge in [0.15, 0.2) is 0 Å². The topological polar surface area (TPSA) is 82.2 Å². The van der Waals surface area contributed by atoms with Crippen LogP contribution in [0.2, 0.25) is 0 Å². The number of anilines is 2. The standard InChI is InChI=1S/C20H27FN4O4S2/c1-3-18(30)22-11-15-12-25(20(27)29-15)14-4-5-17(16(21)10-14)23-6-8-24(9-7-23)19(26)13-31(2)28/h4-5,10,15H,3,6-9,11-13H2,1-2H3,(H,22,30). The molecule has 0 radical (unpaired) electrons. The lowest BCUT2D eigenvalue weighted by Crippen LogP contribution is -2.50. The van der Waals surface area contributed by atoms with Gasteiger partial charge in [0.2, 0.25) is 5.91 Å². The molecule has 170 valence electrons. The molecule has 0 saturated carbocycles. The van der Waals surface area contributed by atoms with Gasteiger partial charge in [-0.05, 0) is 24.6 Å². The molecule has 2 unspecified atom stereocenters. The smallest absolute Gasteiger partial charge is 0.414 e. The maximum absolute atomic E-state index is 14.9. The minimum Gasteiger partial charge on any atom is -0.442 e. The summed E-state index contributed by atoms with van der Waals surface area (Å²) in [6, 6.07) is 4.68. The van der Waals surface area contributed by atoms with Crippen molar-refractivity contribution in [2.24, 2.45) is 0 Å². The molecule has 1 aromatic carbocycles. The molecule has 1 N–H and O–H groups in total. The highest BCUT2D eigenvalue weighted by molar-refractivity contribution is 7.85. The van der Waals surface area contributed by atoms with Crippen molar-refractivity contribution in [3.8, 4) is 0 Å². The molecule has 1 aromatic rings. The highest BCUT2D eigenvalue weighted by atomic mass is 32.2. The molecule has 2 fully saturated rings. The SMILES string of the molecule is CCC(=S)NCC1CN(c2ccc(N3CCN(C(=O)CS(C)=O)CC3)c(F)c2)C(=O)O1. The van der Waals surface area contributed by atoms with Crippen molar-refractivity contribution >= 4 is 51.4 Å². The largest absolute Gasteiger partial charge is 0.442 e. The lowest BCUT2D eigenvalue weighted by Gasteiger charge is -2.36. The van der Waals surface area contributed by atoms with Crippen LogP contribution in [0.15, 0.2) is 18.2 Å². The number of piperazine rings is 1. The zero-order valence-electron chi connectivity index (χ0n) is 17.6. The van der Waals surface area contributed by atoms with E-state index in [1.165, 1.54) is 17.2 Å². The van der Waals surface area contributed by atoms with Gasteiger partial charge in [0.1, 0.15) is 17.7 Å². The van der Waals surface area contributed by atoms with Gasteiger partial charge in [-0.25, -0.2) is 9.18 Å². The van der Waals surface area contributed by atoms with Crippen LogP contribution >= 0.6 is 12.2 Å². The molecule has 2 saturated heterocycles. The van der Waals surface area contributed by atoms with E-state index < -0.39 is 22.7 Å². The number of nitrogens with zero attached hydrogens (tertiary/aromatic N) is 3. The Balaban J connectivity index is 1.59. The van der Waals surface area contributed by atoms with Gasteiger partial charge in [0, 0.05) is 43.2 Å². The summed E-state index contributed by atoms with van der Waals surface area (Å²) in [4.78, 5) is 29.9. The Labute approximate surface area is 189 Å². The van der Waals surface area contributed by atoms with Crippen molar-refractivity contribution in [3.63, 3.8) is 0 Å². The van der Waals surface area contributed by atoms with Gasteiger partial charge in [0.05, 0.1) is 29.5 Å². The van der Waals surface area contributed by atoms with Crippen LogP contribution in [-0.2, 0) is 20.3 Å². The van der Waals surface area contributed by atoms with E-state index in [0.29, 0.717) is 62.1 Å². The number of carbonyl (C=O) groups excluding carboxylic acids is 2. The van der Waals surface area contributed by atoms with Crippen LogP contribution in [0.25, 0.3) is 0 Å². The zero-order valence-corrected chi connectivity index (χ0v) is 19.3. The number of carbonyl (C=O) groups is 2. The van der Waals surface area contributed by atoms with Crippen molar-refractivity contribution in [2.45, 2.75) is 19.4 Å². The van der Waals surface area contributed by atoms with Crippen LogP contribution in [0.3, 0.4) is 0 Å². The number of ether oxygens (including phenoxy) is 1. The van der Waals surface area contributed by atoms with Gasteiger partial charge in [-0.2, -0.15) is 0 Å². The molecular formula is C20H27FN4O4S2. The van der Waals surface area contributed by atoms with Crippen molar-refractivity contribution in [3.05, 3.63) is 24.0 Å². The van der Waals surface area contributed by atoms with Gasteiger partial charge in [-0.15, -0.1) is 0 Å². The maximum Gasteiger partial charge on any atom is 0.414 e. The summed E-state index contributed by atoms with van der Waals surface area (Å²) in [5.74, 6) is -0.573. The molecule has 2 heterocycles. The van der Waals surface area contributed by atoms with E-state index in [2.05, 4.69) is 5.32 Å². The van der Waals surface area contributed by atoms with E-state index in [0.717, 1.165) is 0 Å². The van der Waals surface area contributed by atoms with E-state index in [1.807, 2.05) is 11.8 Å². The molecule has 2 aliphatic heterocycles. The minimum absolute atomic E-state index is 0.00966. The van der Waals surface area contributed by atoms with E-state index in [4.69, 9.17) is 17.0 Å². The number of cyclic esters (lactones) is 1. The maximum atomic E-state index is 14.9. The first kappa shape index (κ1) is 23.4. The Bertz CT molecular complexity index is 877. The Morgan fingerprint density at radius 3 is 2.65 bits per heavy atom. The molecule has 2 aliphatic rings. The second-order valence-corrected chi connectivity index (χ2v) is 9.42. The number of amides is 2. The van der Waals surface area contributed by atoms with Gasteiger partial charge >= 0.3 is 6.09 Å². The van der Waals surface area contributed by atoms with Gasteiger partial charge < -0.3 is 19.9 Å². The van der Waals surface area contributed by atoms with Crippen LogP contribution in [0.1, 0.15) is 13.3 Å². The number of halogens is 1. The zero-order chi connectivity index (χ0) is 22.5. The summed E-state index contributed by atoms with van der Waals surface area (Å²) in [6.45, 7) is 4.54. The predicted octanol–water partition coefficient (Wildman–Crippen LogP) is 1.51. The summed E-state index contributed by atoms with van der Waals surface area (Å²) in [5.41, 5.74) is 0.861. The van der Waals surface area contributed by atoms with Crippen molar-refractivity contribution < 1.29 is 22.9 Å². The Hall–Kier alpha value is -2.27. The first-order chi connectivity index (χ1) is 14.8. The fourth-order valence-electron chi connectivity index (χ4n) is 3.57. The van der Waals surface area contributed by atoms with E-state index in [9.17, 15) is 18.2 Å². The molecule has 2 amide bonds. The van der Waals surface area contributed by atoms with Crippen molar-refractivity contribution in [1.82, 2.24) is 10.2 Å². The van der Waals surface area contributed by atoms with Gasteiger partial charge in [-0.3, -0.25) is 13.9 Å². The van der Waals surface area contributed by atoms with Crippen LogP contribution in [-0.4, -0.2) is 83.5 Å². The lowest BCUT2D eigenvalue weighted by molar-refractivity contribution is -0.128. The van der Waals surface area contributed by atoms with Gasteiger partial charge in [0.25, 0.3) is 0 Å². The molecule has 3 rings (SSSR count). The number of thiocarbonyl (C=S) groups is 1. The molecule has 0 aromatic heterocycles. The number of benzene rings is 1. The second kappa shape index (κ2) is 10.4. The third-order valence-electron chi connectivity index (χ3n) is 5.26. The molecule has 0 aliphatic carbocycles. The molecule has 2 atom stereocenters. The Morgan fingerprint density at radius 2 is 2.03 bits per heavy atom. The molecule has 8 nitrogen and oxygen atoms in total. The summed E-state index contributed by atoms with van der Waals surface area (Å²) in [7, 11) is -1.18. The first-order valence-electron chi connectivity index (χ1n) is 10.2. The first-order valence-corrected chi connectivity index (χ1v) is 12.3. The fourth-order valence-corrected chi connectivity index (χ4v) is 4.19. The Morgan fingerprint density at radius 1 is 1.32 bits per heavy atom. The van der Waals surface area contributed by atoms with Crippen LogP contribution in [0, 0.1) is 5.82 Å². The highest BCUT2D eigenvalue weighted by Crippen LogP contribution is 2.28. The predicted molar refractivity (Wildman–Crippen MR) is 123 cm³/mol. The monoisotopic (exact) mass is 470 g/mol. The van der Waals surface area contributed by atoms with E-state index in [1.54, 1.807) is 17.0 Å². The Kier molecular flexibility index (Phi) is 7.82. The lowest BCUT2D eigenvalue weighted by atomic mass is 10.2. The third-order valence-corrected chi connectivity index (χ3v) is 6.35. The number of nitrogens with one attached hydrogen (secondary N) is 1. The average molecular weight is 471 g/mol. The summed E-state index contributed by atoms with van der Waals surface area (Å²) in [5, 5.41) is 3.05. The second-order valence-electron chi connectivity index (χ2n) is 7.50. The van der Waals surface area contributed by atoms with Crippen molar-refractivity contribution in [1.29, 1.82) is 0 Å². The fraction of sp³-hybridized carbons (Fsp3) is 0.550. The summed E-state index contributed by atoms with van der Waals surface area (Å²) < 4.78 is 31.5. The third kappa shape index (κ3) is 5.91. The normalized spacial score (nSPS) is 19.9. The van der Waals surface area contributed by atoms with E-state index in [-0.39, 0.29) is 17.8 Å². The molecule has 11 heteroatoms. The van der Waals surface area contributed by atoms with Crippen LogP contribution in [0.5, 0.6) is 0 Å². The number of rotatable bonds is 7. The number of hydrogen-bond donors (Lipinski definition) is 1. The molecule has 0 bridgehead atoms. The van der Waals surface area contributed by atoms with Crippen molar-refractivity contribution in [2.75, 3.05) is 61.1 Å². The number of hydrogen-bond acceptors (Lipinski definition) is 6. The minimum atomic E-state index is -1.18. The quantitative estimate of drug-likeness (QED) is 0.605. The molecule has 0 spiro atoms. The average Bonchev–Trinajstić information content (AvgIpc) is 3.12. The summed E-state index contributed by atoms with van der Waals surface area (Å²) >= 11 is 5.12.